The Bertz CT molecular complexity index is 1300. The lowest BCUT2D eigenvalue weighted by Crippen LogP contribution is -2.05. The van der Waals surface area contributed by atoms with Gasteiger partial charge >= 0.3 is 6.18 Å². The number of aliphatic hydroxyl groups excluding tert-OH is 1. The van der Waals surface area contributed by atoms with Gasteiger partial charge < -0.3 is 9.84 Å². The third-order valence-electron chi connectivity index (χ3n) is 5.62. The van der Waals surface area contributed by atoms with E-state index in [1.165, 1.54) is 19.2 Å². The SMILES string of the molecule is COc1nc2ccc(C(O)c3ccc(C)nc3C)cc2cc1Cc1ccc(C(F)(F)F)cc1. The van der Waals surface area contributed by atoms with Crippen LogP contribution in [-0.2, 0) is 12.6 Å². The summed E-state index contributed by atoms with van der Waals surface area (Å²) in [6, 6.07) is 16.2. The van der Waals surface area contributed by atoms with Crippen LogP contribution in [0.3, 0.4) is 0 Å². The molecule has 0 aliphatic heterocycles. The van der Waals surface area contributed by atoms with Crippen molar-refractivity contribution in [2.45, 2.75) is 32.5 Å². The van der Waals surface area contributed by atoms with Crippen LogP contribution in [-0.4, -0.2) is 22.2 Å². The predicted octanol–water partition coefficient (Wildman–Crippen LogP) is 5.95. The number of halogens is 3. The minimum absolute atomic E-state index is 0.359. The smallest absolute Gasteiger partial charge is 0.416 e. The van der Waals surface area contributed by atoms with Crippen LogP contribution in [0.4, 0.5) is 13.2 Å². The highest BCUT2D eigenvalue weighted by Crippen LogP contribution is 2.32. The van der Waals surface area contributed by atoms with E-state index in [2.05, 4.69) is 9.97 Å². The number of benzene rings is 2. The van der Waals surface area contributed by atoms with E-state index in [0.717, 1.165) is 40.0 Å². The second-order valence-electron chi connectivity index (χ2n) is 8.01. The van der Waals surface area contributed by atoms with Crippen molar-refractivity contribution in [1.82, 2.24) is 9.97 Å². The predicted molar refractivity (Wildman–Crippen MR) is 120 cm³/mol. The molecule has 33 heavy (non-hydrogen) atoms. The topological polar surface area (TPSA) is 55.2 Å². The summed E-state index contributed by atoms with van der Waals surface area (Å²) >= 11 is 0. The second-order valence-corrected chi connectivity index (χ2v) is 8.01. The third-order valence-corrected chi connectivity index (χ3v) is 5.62. The summed E-state index contributed by atoms with van der Waals surface area (Å²) in [6.45, 7) is 3.76. The summed E-state index contributed by atoms with van der Waals surface area (Å²) in [7, 11) is 1.51. The molecule has 0 aliphatic carbocycles. The van der Waals surface area contributed by atoms with Gasteiger partial charge in [0.2, 0.25) is 5.88 Å². The van der Waals surface area contributed by atoms with Crippen molar-refractivity contribution in [2.24, 2.45) is 0 Å². The van der Waals surface area contributed by atoms with Crippen LogP contribution in [0.1, 0.15) is 45.3 Å². The zero-order chi connectivity index (χ0) is 23.8. The zero-order valence-corrected chi connectivity index (χ0v) is 18.4. The van der Waals surface area contributed by atoms with E-state index in [1.54, 1.807) is 0 Å². The van der Waals surface area contributed by atoms with Crippen LogP contribution in [0.2, 0.25) is 0 Å². The van der Waals surface area contributed by atoms with E-state index < -0.39 is 17.8 Å². The van der Waals surface area contributed by atoms with Gasteiger partial charge in [0.25, 0.3) is 0 Å². The second kappa shape index (κ2) is 8.83. The van der Waals surface area contributed by atoms with Gasteiger partial charge in [-0.05, 0) is 61.4 Å². The number of hydrogen-bond acceptors (Lipinski definition) is 4. The Morgan fingerprint density at radius 2 is 1.67 bits per heavy atom. The molecule has 0 bridgehead atoms. The molecule has 2 heterocycles. The lowest BCUT2D eigenvalue weighted by molar-refractivity contribution is -0.137. The summed E-state index contributed by atoms with van der Waals surface area (Å²) in [5.41, 5.74) is 4.52. The van der Waals surface area contributed by atoms with Crippen molar-refractivity contribution in [3.05, 3.63) is 99.9 Å². The summed E-state index contributed by atoms with van der Waals surface area (Å²) < 4.78 is 44.0. The van der Waals surface area contributed by atoms with E-state index in [4.69, 9.17) is 4.74 Å². The molecular formula is C26H23F3N2O2. The van der Waals surface area contributed by atoms with Gasteiger partial charge in [-0.15, -0.1) is 0 Å². The lowest BCUT2D eigenvalue weighted by Gasteiger charge is -2.16. The largest absolute Gasteiger partial charge is 0.481 e. The number of alkyl halides is 3. The van der Waals surface area contributed by atoms with Crippen molar-refractivity contribution in [2.75, 3.05) is 7.11 Å². The number of aryl methyl sites for hydroxylation is 2. The van der Waals surface area contributed by atoms with E-state index in [9.17, 15) is 18.3 Å². The zero-order valence-electron chi connectivity index (χ0n) is 18.4. The molecule has 4 nitrogen and oxygen atoms in total. The van der Waals surface area contributed by atoms with Crippen molar-refractivity contribution in [3.63, 3.8) is 0 Å². The van der Waals surface area contributed by atoms with Gasteiger partial charge in [0, 0.05) is 34.3 Å². The molecule has 0 saturated heterocycles. The molecule has 4 rings (SSSR count). The fraction of sp³-hybridized carbons (Fsp3) is 0.231. The van der Waals surface area contributed by atoms with E-state index >= 15 is 0 Å². The maximum atomic E-state index is 12.9. The fourth-order valence-electron chi connectivity index (χ4n) is 3.89. The van der Waals surface area contributed by atoms with Crippen LogP contribution in [0.5, 0.6) is 5.88 Å². The molecule has 1 unspecified atom stereocenters. The number of aromatic nitrogens is 2. The minimum atomic E-state index is -4.37. The third kappa shape index (κ3) is 4.83. The van der Waals surface area contributed by atoms with Gasteiger partial charge in [-0.2, -0.15) is 13.2 Å². The quantitative estimate of drug-likeness (QED) is 0.407. The molecule has 0 amide bonds. The number of fused-ring (bicyclic) bond motifs is 1. The molecule has 0 saturated carbocycles. The summed E-state index contributed by atoms with van der Waals surface area (Å²) in [6.07, 6.45) is -4.86. The minimum Gasteiger partial charge on any atom is -0.481 e. The number of hydrogen-bond donors (Lipinski definition) is 1. The number of pyridine rings is 2. The molecule has 4 aromatic rings. The number of nitrogens with zero attached hydrogens (tertiary/aromatic N) is 2. The van der Waals surface area contributed by atoms with Crippen LogP contribution >= 0.6 is 0 Å². The molecule has 170 valence electrons. The Hall–Kier alpha value is -3.45. The van der Waals surface area contributed by atoms with Crippen LogP contribution in [0, 0.1) is 13.8 Å². The molecule has 0 aliphatic rings. The molecule has 2 aromatic heterocycles. The maximum Gasteiger partial charge on any atom is 0.416 e. The van der Waals surface area contributed by atoms with Crippen LogP contribution in [0.25, 0.3) is 10.9 Å². The van der Waals surface area contributed by atoms with Crippen molar-refractivity contribution < 1.29 is 23.0 Å². The number of ether oxygens (including phenoxy) is 1. The van der Waals surface area contributed by atoms with E-state index in [1.807, 2.05) is 50.2 Å². The first-order valence-electron chi connectivity index (χ1n) is 10.4. The summed E-state index contributed by atoms with van der Waals surface area (Å²) in [5.74, 6) is 0.411. The van der Waals surface area contributed by atoms with Crippen molar-refractivity contribution in [1.29, 1.82) is 0 Å². The first-order chi connectivity index (χ1) is 15.7. The average Bonchev–Trinajstić information content (AvgIpc) is 2.77. The lowest BCUT2D eigenvalue weighted by atomic mass is 9.97. The molecule has 2 aromatic carbocycles. The normalized spacial score (nSPS) is 12.7. The molecule has 1 N–H and O–H groups in total. The highest BCUT2D eigenvalue weighted by molar-refractivity contribution is 5.81. The number of aliphatic hydroxyl groups is 1. The highest BCUT2D eigenvalue weighted by Gasteiger charge is 2.30. The van der Waals surface area contributed by atoms with Crippen molar-refractivity contribution in [3.8, 4) is 5.88 Å². The van der Waals surface area contributed by atoms with E-state index in [-0.39, 0.29) is 0 Å². The monoisotopic (exact) mass is 452 g/mol. The Morgan fingerprint density at radius 1 is 0.939 bits per heavy atom. The Morgan fingerprint density at radius 3 is 2.30 bits per heavy atom. The molecule has 1 atom stereocenters. The van der Waals surface area contributed by atoms with Crippen LogP contribution < -0.4 is 4.74 Å². The molecule has 0 radical (unpaired) electrons. The number of methoxy groups -OCH3 is 1. The molecular weight excluding hydrogens is 429 g/mol. The van der Waals surface area contributed by atoms with Gasteiger partial charge in [0.1, 0.15) is 6.10 Å². The molecule has 0 fully saturated rings. The standard InChI is InChI=1S/C26H23F3N2O2/c1-15-4-10-22(16(2)30-15)24(32)18-7-11-23-19(13-18)14-20(25(31-23)33-3)12-17-5-8-21(9-6-17)26(27,28)29/h4-11,13-14,24,32H,12H2,1-3H3. The Balaban J connectivity index is 1.69. The first-order valence-corrected chi connectivity index (χ1v) is 10.4. The number of rotatable bonds is 5. The average molecular weight is 452 g/mol. The van der Waals surface area contributed by atoms with Crippen LogP contribution in [0.15, 0.2) is 60.7 Å². The highest BCUT2D eigenvalue weighted by atomic mass is 19.4. The summed E-state index contributed by atoms with van der Waals surface area (Å²) in [4.78, 5) is 8.98. The fourth-order valence-corrected chi connectivity index (χ4v) is 3.89. The van der Waals surface area contributed by atoms with Gasteiger partial charge in [0.15, 0.2) is 0 Å². The first kappa shape index (κ1) is 22.7. The maximum absolute atomic E-state index is 12.9. The van der Waals surface area contributed by atoms with Gasteiger partial charge in [-0.3, -0.25) is 4.98 Å². The molecule has 7 heteroatoms. The van der Waals surface area contributed by atoms with E-state index in [0.29, 0.717) is 28.9 Å². The molecule has 0 spiro atoms. The summed E-state index contributed by atoms with van der Waals surface area (Å²) in [5, 5.41) is 11.7. The Labute approximate surface area is 189 Å². The van der Waals surface area contributed by atoms with Gasteiger partial charge in [-0.25, -0.2) is 4.98 Å². The van der Waals surface area contributed by atoms with Crippen molar-refractivity contribution >= 4 is 10.9 Å². The van der Waals surface area contributed by atoms with Gasteiger partial charge in [-0.1, -0.05) is 24.3 Å². The Kier molecular flexibility index (Phi) is 6.08. The van der Waals surface area contributed by atoms with Gasteiger partial charge in [0.05, 0.1) is 18.2 Å².